The molecule has 0 saturated carbocycles. The summed E-state index contributed by atoms with van der Waals surface area (Å²) in [5.74, 6) is 0.942. The van der Waals surface area contributed by atoms with Crippen LogP contribution in [0.4, 0.5) is 10.6 Å². The molecule has 2 aliphatic rings. The number of carbonyl (C=O) groups is 2. The molecule has 1 fully saturated rings. The van der Waals surface area contributed by atoms with Crippen molar-refractivity contribution in [2.75, 3.05) is 24.5 Å². The van der Waals surface area contributed by atoms with Crippen LogP contribution in [0.5, 0.6) is 0 Å². The van der Waals surface area contributed by atoms with Crippen LogP contribution < -0.4 is 4.90 Å². The number of ketones is 1. The Morgan fingerprint density at radius 2 is 1.96 bits per heavy atom. The molecule has 8 heteroatoms. The van der Waals surface area contributed by atoms with Crippen LogP contribution in [0.3, 0.4) is 0 Å². The Hall–Kier alpha value is -1.89. The first kappa shape index (κ1) is 18.9. The molecule has 0 N–H and O–H groups in total. The van der Waals surface area contributed by atoms with Gasteiger partial charge in [-0.25, -0.2) is 14.8 Å². The van der Waals surface area contributed by atoms with E-state index >= 15 is 0 Å². The Kier molecular flexibility index (Phi) is 4.86. The molecule has 142 valence electrons. The molecule has 0 bridgehead atoms. The minimum Gasteiger partial charge on any atom is -0.444 e. The van der Waals surface area contributed by atoms with Gasteiger partial charge in [0.2, 0.25) is 5.28 Å². The summed E-state index contributed by atoms with van der Waals surface area (Å²) in [4.78, 5) is 37.4. The number of hydrogen-bond acceptors (Lipinski definition) is 6. The molecule has 1 amide bonds. The Morgan fingerprint density at radius 3 is 2.58 bits per heavy atom. The molecule has 1 unspecified atom stereocenters. The monoisotopic (exact) mass is 380 g/mol. The van der Waals surface area contributed by atoms with Crippen LogP contribution in [0, 0.1) is 0 Å². The summed E-state index contributed by atoms with van der Waals surface area (Å²) in [5, 5.41) is 0.190. The molecule has 1 saturated heterocycles. The highest BCUT2D eigenvalue weighted by atomic mass is 35.5. The summed E-state index contributed by atoms with van der Waals surface area (Å²) < 4.78 is 5.44. The summed E-state index contributed by atoms with van der Waals surface area (Å²) in [6.07, 6.45) is -0.122. The molecule has 0 aliphatic carbocycles. The molecule has 1 atom stereocenters. The van der Waals surface area contributed by atoms with E-state index in [0.717, 1.165) is 17.1 Å². The molecule has 2 aliphatic heterocycles. The predicted octanol–water partition coefficient (Wildman–Crippen LogP) is 2.80. The number of carbonyl (C=O) groups excluding carboxylic acids is 2. The number of hydrogen-bond donors (Lipinski definition) is 0. The SMILES string of the molecule is CC(C)c1nc(Cl)nc2c1CC(=O)C1CN(C(=O)OC(C)(C)C)CCN21. The highest BCUT2D eigenvalue weighted by Crippen LogP contribution is 2.34. The number of ether oxygens (including phenoxy) is 1. The van der Waals surface area contributed by atoms with Crippen LogP contribution in [0.2, 0.25) is 5.28 Å². The number of nitrogens with zero attached hydrogens (tertiary/aromatic N) is 4. The first-order valence-electron chi connectivity index (χ1n) is 8.90. The second-order valence-electron chi connectivity index (χ2n) is 8.11. The third-order valence-corrected chi connectivity index (χ3v) is 4.73. The minimum absolute atomic E-state index is 0.0681. The zero-order valence-corrected chi connectivity index (χ0v) is 16.6. The Bertz CT molecular complexity index is 745. The lowest BCUT2D eigenvalue weighted by atomic mass is 9.91. The highest BCUT2D eigenvalue weighted by Gasteiger charge is 2.41. The lowest BCUT2D eigenvalue weighted by Gasteiger charge is -2.44. The third-order valence-electron chi connectivity index (χ3n) is 4.56. The molecule has 3 heterocycles. The molecule has 0 spiro atoms. The fraction of sp³-hybridized carbons (Fsp3) is 0.667. The Balaban J connectivity index is 1.88. The molecule has 1 aromatic rings. The molecule has 7 nitrogen and oxygen atoms in total. The zero-order chi connectivity index (χ0) is 19.2. The molecule has 26 heavy (non-hydrogen) atoms. The van der Waals surface area contributed by atoms with Gasteiger partial charge in [-0.05, 0) is 38.3 Å². The lowest BCUT2D eigenvalue weighted by Crippen LogP contribution is -2.60. The molecular formula is C18H25ClN4O3. The number of rotatable bonds is 1. The van der Waals surface area contributed by atoms with Gasteiger partial charge in [-0.1, -0.05) is 13.8 Å². The van der Waals surface area contributed by atoms with Gasteiger partial charge in [0.1, 0.15) is 17.5 Å². The molecule has 0 radical (unpaired) electrons. The van der Waals surface area contributed by atoms with Gasteiger partial charge < -0.3 is 14.5 Å². The van der Waals surface area contributed by atoms with Crippen molar-refractivity contribution >= 4 is 29.3 Å². The highest BCUT2D eigenvalue weighted by molar-refractivity contribution is 6.28. The normalized spacial score (nSPS) is 20.1. The van der Waals surface area contributed by atoms with Gasteiger partial charge in [-0.2, -0.15) is 0 Å². The zero-order valence-electron chi connectivity index (χ0n) is 15.9. The smallest absolute Gasteiger partial charge is 0.410 e. The van der Waals surface area contributed by atoms with E-state index < -0.39 is 11.6 Å². The lowest BCUT2D eigenvalue weighted by molar-refractivity contribution is -0.120. The fourth-order valence-corrected chi connectivity index (χ4v) is 3.61. The van der Waals surface area contributed by atoms with Crippen molar-refractivity contribution in [2.45, 2.75) is 58.6 Å². The summed E-state index contributed by atoms with van der Waals surface area (Å²) in [5.41, 5.74) is 1.11. The first-order valence-corrected chi connectivity index (χ1v) is 9.28. The van der Waals surface area contributed by atoms with E-state index in [4.69, 9.17) is 16.3 Å². The summed E-state index contributed by atoms with van der Waals surface area (Å²) in [6.45, 7) is 10.8. The van der Waals surface area contributed by atoms with Gasteiger partial charge in [0.15, 0.2) is 5.78 Å². The van der Waals surface area contributed by atoms with Crippen molar-refractivity contribution < 1.29 is 14.3 Å². The van der Waals surface area contributed by atoms with Crippen LogP contribution in [-0.4, -0.2) is 58.0 Å². The van der Waals surface area contributed by atoms with Crippen LogP contribution in [-0.2, 0) is 16.0 Å². The average molecular weight is 381 g/mol. The third kappa shape index (κ3) is 3.63. The molecule has 3 rings (SSSR count). The first-order chi connectivity index (χ1) is 12.1. The van der Waals surface area contributed by atoms with E-state index in [1.807, 2.05) is 39.5 Å². The number of piperazine rings is 1. The van der Waals surface area contributed by atoms with Crippen LogP contribution in [0.15, 0.2) is 0 Å². The van der Waals surface area contributed by atoms with Crippen LogP contribution >= 0.6 is 11.6 Å². The van der Waals surface area contributed by atoms with Crippen molar-refractivity contribution in [1.82, 2.24) is 14.9 Å². The van der Waals surface area contributed by atoms with E-state index in [2.05, 4.69) is 9.97 Å². The van der Waals surface area contributed by atoms with Gasteiger partial charge in [-0.15, -0.1) is 0 Å². The number of halogens is 1. The van der Waals surface area contributed by atoms with Crippen molar-refractivity contribution in [1.29, 1.82) is 0 Å². The van der Waals surface area contributed by atoms with E-state index in [1.165, 1.54) is 0 Å². The van der Waals surface area contributed by atoms with E-state index in [0.29, 0.717) is 19.6 Å². The van der Waals surface area contributed by atoms with Gasteiger partial charge in [0.05, 0.1) is 12.2 Å². The number of Topliss-reactive ketones (excluding diaryl/α,β-unsaturated/α-hetero) is 1. The van der Waals surface area contributed by atoms with Gasteiger partial charge in [0.25, 0.3) is 0 Å². The largest absolute Gasteiger partial charge is 0.444 e. The number of aromatic nitrogens is 2. The summed E-state index contributed by atoms with van der Waals surface area (Å²) in [7, 11) is 0. The predicted molar refractivity (Wildman–Crippen MR) is 98.8 cm³/mol. The summed E-state index contributed by atoms with van der Waals surface area (Å²) >= 11 is 6.13. The van der Waals surface area contributed by atoms with Crippen molar-refractivity contribution in [2.24, 2.45) is 0 Å². The molecule has 1 aromatic heterocycles. The van der Waals surface area contributed by atoms with Crippen LogP contribution in [0.1, 0.15) is 51.8 Å². The second-order valence-corrected chi connectivity index (χ2v) is 8.45. The maximum absolute atomic E-state index is 12.8. The Labute approximate surface area is 158 Å². The van der Waals surface area contributed by atoms with Crippen molar-refractivity contribution in [3.05, 3.63) is 16.5 Å². The standard InChI is InChI=1S/C18H25ClN4O3/c1-10(2)14-11-8-13(24)12-9-22(17(25)26-18(3,4)5)6-7-23(12)15(11)21-16(19)20-14/h10,12H,6-9H2,1-5H3. The fourth-order valence-electron chi connectivity index (χ4n) is 3.44. The van der Waals surface area contributed by atoms with E-state index in [9.17, 15) is 9.59 Å². The minimum atomic E-state index is -0.565. The number of amides is 1. The topological polar surface area (TPSA) is 75.6 Å². The number of anilines is 1. The van der Waals surface area contributed by atoms with Gasteiger partial charge in [-0.3, -0.25) is 4.79 Å². The van der Waals surface area contributed by atoms with Crippen molar-refractivity contribution in [3.63, 3.8) is 0 Å². The van der Waals surface area contributed by atoms with Crippen molar-refractivity contribution in [3.8, 4) is 0 Å². The average Bonchev–Trinajstić information content (AvgIpc) is 2.53. The second kappa shape index (κ2) is 6.68. The molecular weight excluding hydrogens is 356 g/mol. The Morgan fingerprint density at radius 1 is 1.27 bits per heavy atom. The van der Waals surface area contributed by atoms with Crippen LogP contribution in [0.25, 0.3) is 0 Å². The maximum atomic E-state index is 12.8. The maximum Gasteiger partial charge on any atom is 0.410 e. The quantitative estimate of drug-likeness (QED) is 0.697. The van der Waals surface area contributed by atoms with Gasteiger partial charge in [0, 0.05) is 25.1 Å². The summed E-state index contributed by atoms with van der Waals surface area (Å²) in [6, 6.07) is -0.422. The molecule has 0 aromatic carbocycles. The van der Waals surface area contributed by atoms with Gasteiger partial charge >= 0.3 is 6.09 Å². The number of fused-ring (bicyclic) bond motifs is 3. The van der Waals surface area contributed by atoms with E-state index in [-0.39, 0.29) is 29.5 Å². The van der Waals surface area contributed by atoms with E-state index in [1.54, 1.807) is 4.90 Å².